The predicted molar refractivity (Wildman–Crippen MR) is 102 cm³/mol. The molecule has 0 aliphatic carbocycles. The maximum atomic E-state index is 12.6. The van der Waals surface area contributed by atoms with Gasteiger partial charge in [-0.2, -0.15) is 4.31 Å². The van der Waals surface area contributed by atoms with E-state index in [1.807, 2.05) is 0 Å². The number of hydrogen-bond donors (Lipinski definition) is 1. The highest BCUT2D eigenvalue weighted by molar-refractivity contribution is 7.93. The molecule has 1 N–H and O–H groups in total. The highest BCUT2D eigenvalue weighted by Gasteiger charge is 2.27. The molecule has 1 aliphatic rings. The highest BCUT2D eigenvalue weighted by Crippen LogP contribution is 2.28. The van der Waals surface area contributed by atoms with Gasteiger partial charge in [0.25, 0.3) is 10.0 Å². The van der Waals surface area contributed by atoms with Gasteiger partial charge in [-0.1, -0.05) is 29.3 Å². The van der Waals surface area contributed by atoms with Crippen molar-refractivity contribution in [2.75, 3.05) is 17.8 Å². The molecule has 2 aromatic carbocycles. The molecule has 1 aliphatic heterocycles. The largest absolute Gasteiger partial charge is 0.280 e. The van der Waals surface area contributed by atoms with Gasteiger partial charge in [0.05, 0.1) is 15.6 Å². The molecule has 26 heavy (non-hydrogen) atoms. The summed E-state index contributed by atoms with van der Waals surface area (Å²) in [6, 6.07) is 9.79. The average molecular weight is 435 g/mol. The first-order valence-corrected chi connectivity index (χ1v) is 11.5. The normalized spacial score (nSPS) is 15.9. The van der Waals surface area contributed by atoms with Crippen molar-refractivity contribution in [1.29, 1.82) is 0 Å². The quantitative estimate of drug-likeness (QED) is 0.778. The second-order valence-corrected chi connectivity index (χ2v) is 10.3. The molecule has 0 amide bonds. The van der Waals surface area contributed by atoms with Crippen LogP contribution in [0.25, 0.3) is 0 Å². The van der Waals surface area contributed by atoms with Crippen LogP contribution in [0.5, 0.6) is 0 Å². The summed E-state index contributed by atoms with van der Waals surface area (Å²) in [5.74, 6) is 0. The molecule has 1 fully saturated rings. The lowest BCUT2D eigenvalue weighted by molar-refractivity contribution is 0.477. The Morgan fingerprint density at radius 3 is 2.31 bits per heavy atom. The van der Waals surface area contributed by atoms with Crippen LogP contribution in [0.2, 0.25) is 10.0 Å². The summed E-state index contributed by atoms with van der Waals surface area (Å²) in [6.07, 6.45) is 1.64. The van der Waals surface area contributed by atoms with E-state index in [0.717, 1.165) is 12.8 Å². The summed E-state index contributed by atoms with van der Waals surface area (Å²) in [5, 5.41) is 0.239. The van der Waals surface area contributed by atoms with Gasteiger partial charge in [0.1, 0.15) is 4.90 Å². The third-order valence-electron chi connectivity index (χ3n) is 3.97. The van der Waals surface area contributed by atoms with E-state index in [1.165, 1.54) is 46.8 Å². The second-order valence-electron chi connectivity index (χ2n) is 5.82. The standard InChI is InChI=1S/C16H16Cl2N2O4S2/c17-12-6-7-15(18)16(10-12)25(21,22)19-13-4-3-5-14(11-13)26(23,24)20-8-1-2-9-20/h3-7,10-11,19H,1-2,8-9H2. The fraction of sp³-hybridized carbons (Fsp3) is 0.250. The minimum atomic E-state index is -4.02. The van der Waals surface area contributed by atoms with Crippen LogP contribution in [0.15, 0.2) is 52.3 Å². The summed E-state index contributed by atoms with van der Waals surface area (Å²) in [4.78, 5) is -0.142. The van der Waals surface area contributed by atoms with Gasteiger partial charge in [-0.05, 0) is 49.2 Å². The van der Waals surface area contributed by atoms with E-state index in [4.69, 9.17) is 23.2 Å². The van der Waals surface area contributed by atoms with E-state index in [9.17, 15) is 16.8 Å². The Morgan fingerprint density at radius 2 is 1.62 bits per heavy atom. The molecule has 0 aromatic heterocycles. The predicted octanol–water partition coefficient (Wildman–Crippen LogP) is 3.58. The van der Waals surface area contributed by atoms with Gasteiger partial charge in [0.2, 0.25) is 10.0 Å². The van der Waals surface area contributed by atoms with E-state index < -0.39 is 20.0 Å². The van der Waals surface area contributed by atoms with Crippen LogP contribution in [0.3, 0.4) is 0 Å². The number of sulfonamides is 2. The lowest BCUT2D eigenvalue weighted by Crippen LogP contribution is -2.27. The molecule has 3 rings (SSSR count). The zero-order valence-corrected chi connectivity index (χ0v) is 16.7. The molecular formula is C16H16Cl2N2O4S2. The van der Waals surface area contributed by atoms with Gasteiger partial charge < -0.3 is 0 Å². The van der Waals surface area contributed by atoms with Crippen molar-refractivity contribution < 1.29 is 16.8 Å². The molecule has 6 nitrogen and oxygen atoms in total. The summed E-state index contributed by atoms with van der Waals surface area (Å²) < 4.78 is 54.2. The zero-order valence-electron chi connectivity index (χ0n) is 13.5. The van der Waals surface area contributed by atoms with Crippen LogP contribution in [0, 0.1) is 0 Å². The smallest absolute Gasteiger partial charge is 0.263 e. The van der Waals surface area contributed by atoms with Crippen LogP contribution >= 0.6 is 23.2 Å². The molecule has 2 aromatic rings. The summed E-state index contributed by atoms with van der Waals surface area (Å²) >= 11 is 11.8. The lowest BCUT2D eigenvalue weighted by atomic mass is 10.3. The fourth-order valence-electron chi connectivity index (χ4n) is 2.69. The molecule has 10 heteroatoms. The molecule has 0 atom stereocenters. The second kappa shape index (κ2) is 7.36. The Morgan fingerprint density at radius 1 is 0.923 bits per heavy atom. The van der Waals surface area contributed by atoms with Crippen molar-refractivity contribution in [2.45, 2.75) is 22.6 Å². The summed E-state index contributed by atoms with van der Waals surface area (Å²) in [6.45, 7) is 0.937. The SMILES string of the molecule is O=S(=O)(Nc1cccc(S(=O)(=O)N2CCCC2)c1)c1cc(Cl)ccc1Cl. The Labute approximate surface area is 162 Å². The van der Waals surface area contributed by atoms with Crippen LogP contribution in [0.1, 0.15) is 12.8 Å². The van der Waals surface area contributed by atoms with Gasteiger partial charge in [0.15, 0.2) is 0 Å². The van der Waals surface area contributed by atoms with Crippen molar-refractivity contribution in [3.8, 4) is 0 Å². The third kappa shape index (κ3) is 3.99. The number of anilines is 1. The number of benzene rings is 2. The maximum absolute atomic E-state index is 12.6. The van der Waals surface area contributed by atoms with E-state index in [0.29, 0.717) is 13.1 Å². The molecule has 0 unspecified atom stereocenters. The van der Waals surface area contributed by atoms with Gasteiger partial charge >= 0.3 is 0 Å². The molecule has 0 radical (unpaired) electrons. The van der Waals surface area contributed by atoms with Gasteiger partial charge in [-0.15, -0.1) is 0 Å². The van der Waals surface area contributed by atoms with Gasteiger partial charge in [-0.25, -0.2) is 16.8 Å². The molecule has 0 saturated carbocycles. The number of halogens is 2. The highest BCUT2D eigenvalue weighted by atomic mass is 35.5. The monoisotopic (exact) mass is 434 g/mol. The van der Waals surface area contributed by atoms with Crippen LogP contribution < -0.4 is 4.72 Å². The molecule has 1 saturated heterocycles. The fourth-order valence-corrected chi connectivity index (χ4v) is 6.07. The molecule has 1 heterocycles. The first kappa shape index (κ1) is 19.4. The van der Waals surface area contributed by atoms with Crippen molar-refractivity contribution >= 4 is 48.9 Å². The molecule has 140 valence electrons. The van der Waals surface area contributed by atoms with Crippen molar-refractivity contribution in [1.82, 2.24) is 4.31 Å². The topological polar surface area (TPSA) is 83.5 Å². The average Bonchev–Trinajstić information content (AvgIpc) is 3.12. The summed E-state index contributed by atoms with van der Waals surface area (Å²) in [5.41, 5.74) is 0.126. The minimum Gasteiger partial charge on any atom is -0.280 e. The van der Waals surface area contributed by atoms with Crippen LogP contribution in [-0.2, 0) is 20.0 Å². The minimum absolute atomic E-state index is 0.0164. The Kier molecular flexibility index (Phi) is 5.50. The third-order valence-corrected chi connectivity index (χ3v) is 7.96. The zero-order chi connectivity index (χ0) is 18.9. The van der Waals surface area contributed by atoms with Crippen LogP contribution in [0.4, 0.5) is 5.69 Å². The van der Waals surface area contributed by atoms with E-state index in [1.54, 1.807) is 0 Å². The number of rotatable bonds is 5. The summed E-state index contributed by atoms with van der Waals surface area (Å²) in [7, 11) is -7.67. The Hall–Kier alpha value is -1.32. The van der Waals surface area contributed by atoms with E-state index >= 15 is 0 Å². The number of hydrogen-bond acceptors (Lipinski definition) is 4. The van der Waals surface area contributed by atoms with E-state index in [2.05, 4.69) is 4.72 Å². The Bertz CT molecular complexity index is 1030. The first-order valence-electron chi connectivity index (χ1n) is 7.78. The van der Waals surface area contributed by atoms with Crippen molar-refractivity contribution in [3.05, 3.63) is 52.5 Å². The van der Waals surface area contributed by atoms with E-state index in [-0.39, 0.29) is 25.5 Å². The molecule has 0 spiro atoms. The number of nitrogens with one attached hydrogen (secondary N) is 1. The van der Waals surface area contributed by atoms with Crippen molar-refractivity contribution in [3.63, 3.8) is 0 Å². The molecule has 0 bridgehead atoms. The van der Waals surface area contributed by atoms with Gasteiger partial charge in [-0.3, -0.25) is 4.72 Å². The maximum Gasteiger partial charge on any atom is 0.263 e. The number of nitrogens with zero attached hydrogens (tertiary/aromatic N) is 1. The first-order chi connectivity index (χ1) is 12.2. The Balaban J connectivity index is 1.92. The van der Waals surface area contributed by atoms with Gasteiger partial charge in [0, 0.05) is 18.1 Å². The molecular weight excluding hydrogens is 419 g/mol. The van der Waals surface area contributed by atoms with Crippen molar-refractivity contribution in [2.24, 2.45) is 0 Å². The van der Waals surface area contributed by atoms with Crippen LogP contribution in [-0.4, -0.2) is 34.2 Å². The lowest BCUT2D eigenvalue weighted by Gasteiger charge is -2.16.